The number of β-amino-alcohol motifs (C(OH)–C–C–N with tert-alkyl or cyclic N) is 1. The number of aliphatic hydroxyl groups is 1. The minimum absolute atomic E-state index is 0.0443. The molecule has 2 atom stereocenters. The number of nitrogens with zero attached hydrogens (tertiary/aromatic N) is 2. The number of H-pyrrole nitrogens is 1. The molecule has 1 aromatic rings. The number of amides is 1. The van der Waals surface area contributed by atoms with E-state index in [2.05, 4.69) is 10.2 Å². The smallest absolute Gasteiger partial charge is 0.257 e. The number of hydrogen-bond acceptors (Lipinski definition) is 3. The van der Waals surface area contributed by atoms with Crippen LogP contribution in [0.1, 0.15) is 29.4 Å². The van der Waals surface area contributed by atoms with Gasteiger partial charge in [-0.3, -0.25) is 9.89 Å². The fourth-order valence-corrected chi connectivity index (χ4v) is 1.97. The van der Waals surface area contributed by atoms with Crippen molar-refractivity contribution in [1.29, 1.82) is 0 Å². The minimum Gasteiger partial charge on any atom is -0.391 e. The number of rotatable bonds is 1. The molecule has 88 valence electrons. The standard InChI is InChI=1S/C11H17N3O2/c1-7-3-4-14(6-10(7)15)11(16)9-5-12-13-8(9)2/h5,7,10,15H,3-4,6H2,1-2H3,(H,12,13). The van der Waals surface area contributed by atoms with Crippen LogP contribution in [0.4, 0.5) is 0 Å². The Labute approximate surface area is 94.5 Å². The molecule has 1 aromatic heterocycles. The Kier molecular flexibility index (Phi) is 2.96. The van der Waals surface area contributed by atoms with E-state index >= 15 is 0 Å². The molecule has 5 nitrogen and oxygen atoms in total. The molecule has 1 amide bonds. The molecule has 1 aliphatic rings. The largest absolute Gasteiger partial charge is 0.391 e. The average Bonchev–Trinajstić information content (AvgIpc) is 2.67. The number of aromatic amines is 1. The fraction of sp³-hybridized carbons (Fsp3) is 0.636. The number of aliphatic hydroxyl groups excluding tert-OH is 1. The van der Waals surface area contributed by atoms with Crippen LogP contribution in [0.3, 0.4) is 0 Å². The third-order valence-electron chi connectivity index (χ3n) is 3.27. The first kappa shape index (κ1) is 11.1. The first-order valence-electron chi connectivity index (χ1n) is 5.57. The second kappa shape index (κ2) is 4.25. The lowest BCUT2D eigenvalue weighted by Gasteiger charge is -2.34. The summed E-state index contributed by atoms with van der Waals surface area (Å²) in [5.41, 5.74) is 1.37. The van der Waals surface area contributed by atoms with E-state index in [0.717, 1.165) is 12.1 Å². The van der Waals surface area contributed by atoms with Gasteiger partial charge >= 0.3 is 0 Å². The lowest BCUT2D eigenvalue weighted by molar-refractivity contribution is 0.0248. The molecule has 1 fully saturated rings. The number of aryl methyl sites for hydroxylation is 1. The highest BCUT2D eigenvalue weighted by Gasteiger charge is 2.28. The lowest BCUT2D eigenvalue weighted by atomic mass is 9.95. The Hall–Kier alpha value is -1.36. The van der Waals surface area contributed by atoms with Gasteiger partial charge in [0.25, 0.3) is 5.91 Å². The summed E-state index contributed by atoms with van der Waals surface area (Å²) in [6.45, 7) is 4.96. The predicted molar refractivity (Wildman–Crippen MR) is 59.0 cm³/mol. The molecular weight excluding hydrogens is 206 g/mol. The van der Waals surface area contributed by atoms with E-state index < -0.39 is 6.10 Å². The Morgan fingerprint density at radius 2 is 2.44 bits per heavy atom. The van der Waals surface area contributed by atoms with E-state index in [1.54, 1.807) is 11.1 Å². The van der Waals surface area contributed by atoms with Crippen molar-refractivity contribution in [3.8, 4) is 0 Å². The monoisotopic (exact) mass is 223 g/mol. The molecule has 0 aromatic carbocycles. The van der Waals surface area contributed by atoms with Crippen LogP contribution in [0.15, 0.2) is 6.20 Å². The maximum Gasteiger partial charge on any atom is 0.257 e. The number of likely N-dealkylation sites (tertiary alicyclic amines) is 1. The van der Waals surface area contributed by atoms with E-state index in [4.69, 9.17) is 0 Å². The van der Waals surface area contributed by atoms with E-state index in [1.807, 2.05) is 13.8 Å². The van der Waals surface area contributed by atoms with Crippen LogP contribution in [0.25, 0.3) is 0 Å². The molecule has 0 spiro atoms. The number of carbonyl (C=O) groups is 1. The Balaban J connectivity index is 2.09. The molecule has 0 bridgehead atoms. The van der Waals surface area contributed by atoms with Gasteiger partial charge in [-0.25, -0.2) is 0 Å². The highest BCUT2D eigenvalue weighted by atomic mass is 16.3. The summed E-state index contributed by atoms with van der Waals surface area (Å²) in [6.07, 6.45) is 1.98. The number of aromatic nitrogens is 2. The van der Waals surface area contributed by atoms with Gasteiger partial charge in [-0.05, 0) is 19.3 Å². The summed E-state index contributed by atoms with van der Waals surface area (Å²) in [4.78, 5) is 13.8. The number of nitrogens with one attached hydrogen (secondary N) is 1. The molecule has 0 aliphatic carbocycles. The second-order valence-corrected chi connectivity index (χ2v) is 4.49. The van der Waals surface area contributed by atoms with Gasteiger partial charge in [0.2, 0.25) is 0 Å². The van der Waals surface area contributed by atoms with Crippen molar-refractivity contribution in [2.75, 3.05) is 13.1 Å². The van der Waals surface area contributed by atoms with Crippen molar-refractivity contribution in [2.45, 2.75) is 26.4 Å². The molecule has 1 aliphatic heterocycles. The fourth-order valence-electron chi connectivity index (χ4n) is 1.97. The summed E-state index contributed by atoms with van der Waals surface area (Å²) in [6, 6.07) is 0. The third-order valence-corrected chi connectivity index (χ3v) is 3.27. The second-order valence-electron chi connectivity index (χ2n) is 4.49. The first-order chi connectivity index (χ1) is 7.59. The van der Waals surface area contributed by atoms with Crippen molar-refractivity contribution >= 4 is 5.91 Å². The Morgan fingerprint density at radius 1 is 1.69 bits per heavy atom. The van der Waals surface area contributed by atoms with Crippen molar-refractivity contribution in [1.82, 2.24) is 15.1 Å². The quantitative estimate of drug-likeness (QED) is 0.731. The van der Waals surface area contributed by atoms with Crippen LogP contribution in [0, 0.1) is 12.8 Å². The summed E-state index contributed by atoms with van der Waals surface area (Å²) in [5.74, 6) is 0.228. The number of piperidine rings is 1. The summed E-state index contributed by atoms with van der Waals surface area (Å²) < 4.78 is 0. The van der Waals surface area contributed by atoms with Crippen LogP contribution < -0.4 is 0 Å². The molecule has 2 N–H and O–H groups in total. The van der Waals surface area contributed by atoms with Gasteiger partial charge in [0, 0.05) is 18.8 Å². The van der Waals surface area contributed by atoms with Crippen molar-refractivity contribution in [3.63, 3.8) is 0 Å². The van der Waals surface area contributed by atoms with Crippen LogP contribution in [-0.4, -0.2) is 45.3 Å². The lowest BCUT2D eigenvalue weighted by Crippen LogP contribution is -2.45. The van der Waals surface area contributed by atoms with Gasteiger partial charge in [0.15, 0.2) is 0 Å². The maximum atomic E-state index is 12.1. The first-order valence-corrected chi connectivity index (χ1v) is 5.57. The van der Waals surface area contributed by atoms with Crippen molar-refractivity contribution in [3.05, 3.63) is 17.5 Å². The van der Waals surface area contributed by atoms with Gasteiger partial charge in [0.05, 0.1) is 17.9 Å². The zero-order valence-electron chi connectivity index (χ0n) is 9.60. The highest BCUT2D eigenvalue weighted by Crippen LogP contribution is 2.19. The maximum absolute atomic E-state index is 12.1. The van der Waals surface area contributed by atoms with Crippen LogP contribution >= 0.6 is 0 Å². The summed E-state index contributed by atoms with van der Waals surface area (Å²) >= 11 is 0. The van der Waals surface area contributed by atoms with Crippen molar-refractivity contribution < 1.29 is 9.90 Å². The van der Waals surface area contributed by atoms with Gasteiger partial charge in [-0.2, -0.15) is 5.10 Å². The number of carbonyl (C=O) groups excluding carboxylic acids is 1. The summed E-state index contributed by atoms with van der Waals surface area (Å²) in [5, 5.41) is 16.3. The molecule has 2 heterocycles. The zero-order chi connectivity index (χ0) is 11.7. The highest BCUT2D eigenvalue weighted by molar-refractivity contribution is 5.95. The molecule has 0 radical (unpaired) electrons. The average molecular weight is 223 g/mol. The zero-order valence-corrected chi connectivity index (χ0v) is 9.60. The molecule has 5 heteroatoms. The molecule has 2 unspecified atom stereocenters. The van der Waals surface area contributed by atoms with Crippen LogP contribution in [0.2, 0.25) is 0 Å². The molecule has 0 saturated carbocycles. The summed E-state index contributed by atoms with van der Waals surface area (Å²) in [7, 11) is 0. The van der Waals surface area contributed by atoms with E-state index in [-0.39, 0.29) is 11.8 Å². The van der Waals surface area contributed by atoms with Gasteiger partial charge in [0.1, 0.15) is 0 Å². The van der Waals surface area contributed by atoms with E-state index in [0.29, 0.717) is 18.7 Å². The predicted octanol–water partition coefficient (Wildman–Crippen LogP) is 0.561. The molecule has 1 saturated heterocycles. The Bertz CT molecular complexity index is 388. The molecular formula is C11H17N3O2. The molecule has 16 heavy (non-hydrogen) atoms. The van der Waals surface area contributed by atoms with Crippen LogP contribution in [-0.2, 0) is 0 Å². The van der Waals surface area contributed by atoms with Crippen molar-refractivity contribution in [2.24, 2.45) is 5.92 Å². The van der Waals surface area contributed by atoms with Gasteiger partial charge in [-0.15, -0.1) is 0 Å². The molecule has 2 rings (SSSR count). The third kappa shape index (κ3) is 1.95. The van der Waals surface area contributed by atoms with E-state index in [9.17, 15) is 9.90 Å². The van der Waals surface area contributed by atoms with E-state index in [1.165, 1.54) is 0 Å². The topological polar surface area (TPSA) is 69.2 Å². The van der Waals surface area contributed by atoms with Gasteiger partial charge < -0.3 is 10.0 Å². The number of hydrogen-bond donors (Lipinski definition) is 2. The Morgan fingerprint density at radius 3 is 3.00 bits per heavy atom. The minimum atomic E-state index is -0.412. The SMILES string of the molecule is Cc1[nH]ncc1C(=O)N1CCC(C)C(O)C1. The van der Waals surface area contributed by atoms with Crippen LogP contribution in [0.5, 0.6) is 0 Å². The van der Waals surface area contributed by atoms with Gasteiger partial charge in [-0.1, -0.05) is 6.92 Å². The normalized spacial score (nSPS) is 25.8.